The molecule has 4 heteroatoms. The summed E-state index contributed by atoms with van der Waals surface area (Å²) in [5.74, 6) is 0.912. The van der Waals surface area contributed by atoms with Crippen LogP contribution in [0.2, 0.25) is 5.02 Å². The van der Waals surface area contributed by atoms with Gasteiger partial charge < -0.3 is 10.8 Å². The van der Waals surface area contributed by atoms with Crippen molar-refractivity contribution in [2.24, 2.45) is 5.73 Å². The standard InChI is InChI=1S/C12H18ClNOS/c1-9(14)12(16-7-3-6-15)10-4-2-5-11(13)8-10/h2,4-5,8-9,12,15H,3,6-7,14H2,1H3. The number of aliphatic hydroxyl groups excluding tert-OH is 1. The first-order valence-electron chi connectivity index (χ1n) is 5.38. The van der Waals surface area contributed by atoms with Crippen LogP contribution in [0, 0.1) is 0 Å². The summed E-state index contributed by atoms with van der Waals surface area (Å²) in [6, 6.07) is 7.89. The molecule has 0 radical (unpaired) electrons. The number of aliphatic hydroxyl groups is 1. The number of nitrogens with two attached hydrogens (primary N) is 1. The maximum atomic E-state index is 8.77. The molecule has 0 aromatic heterocycles. The van der Waals surface area contributed by atoms with Crippen molar-refractivity contribution in [1.29, 1.82) is 0 Å². The van der Waals surface area contributed by atoms with Gasteiger partial charge in [0.05, 0.1) is 0 Å². The molecule has 0 saturated heterocycles. The lowest BCUT2D eigenvalue weighted by Gasteiger charge is -2.20. The van der Waals surface area contributed by atoms with E-state index >= 15 is 0 Å². The predicted octanol–water partition coefficient (Wildman–Crippen LogP) is 2.84. The Kier molecular flexibility index (Phi) is 6.21. The van der Waals surface area contributed by atoms with Crippen LogP contribution >= 0.6 is 23.4 Å². The monoisotopic (exact) mass is 259 g/mol. The summed E-state index contributed by atoms with van der Waals surface area (Å²) >= 11 is 7.74. The van der Waals surface area contributed by atoms with E-state index in [4.69, 9.17) is 22.4 Å². The third kappa shape index (κ3) is 4.34. The average Bonchev–Trinajstić information content (AvgIpc) is 2.24. The van der Waals surface area contributed by atoms with E-state index in [0.717, 1.165) is 22.8 Å². The molecule has 0 heterocycles. The van der Waals surface area contributed by atoms with Gasteiger partial charge in [0, 0.05) is 22.9 Å². The highest BCUT2D eigenvalue weighted by Gasteiger charge is 2.16. The third-order valence-corrected chi connectivity index (χ3v) is 4.07. The van der Waals surface area contributed by atoms with Crippen LogP contribution in [-0.2, 0) is 0 Å². The van der Waals surface area contributed by atoms with E-state index in [0.29, 0.717) is 0 Å². The molecule has 0 saturated carbocycles. The lowest BCUT2D eigenvalue weighted by atomic mass is 10.1. The van der Waals surface area contributed by atoms with Crippen molar-refractivity contribution in [2.45, 2.75) is 24.6 Å². The fourth-order valence-corrected chi connectivity index (χ4v) is 2.90. The van der Waals surface area contributed by atoms with Crippen LogP contribution in [0.1, 0.15) is 24.2 Å². The summed E-state index contributed by atoms with van der Waals surface area (Å²) in [7, 11) is 0. The van der Waals surface area contributed by atoms with Gasteiger partial charge in [0.1, 0.15) is 0 Å². The second-order valence-corrected chi connectivity index (χ2v) is 5.47. The van der Waals surface area contributed by atoms with Gasteiger partial charge in [-0.25, -0.2) is 0 Å². The Morgan fingerprint density at radius 1 is 1.50 bits per heavy atom. The van der Waals surface area contributed by atoms with Crippen LogP contribution in [0.25, 0.3) is 0 Å². The minimum atomic E-state index is 0.0714. The summed E-state index contributed by atoms with van der Waals surface area (Å²) in [5.41, 5.74) is 7.13. The Balaban J connectivity index is 2.69. The minimum absolute atomic E-state index is 0.0714. The van der Waals surface area contributed by atoms with Crippen molar-refractivity contribution in [3.63, 3.8) is 0 Å². The first-order valence-corrected chi connectivity index (χ1v) is 6.81. The van der Waals surface area contributed by atoms with Crippen LogP contribution in [0.15, 0.2) is 24.3 Å². The van der Waals surface area contributed by atoms with Crippen molar-refractivity contribution in [3.05, 3.63) is 34.9 Å². The topological polar surface area (TPSA) is 46.2 Å². The lowest BCUT2D eigenvalue weighted by molar-refractivity contribution is 0.296. The van der Waals surface area contributed by atoms with E-state index in [1.54, 1.807) is 11.8 Å². The van der Waals surface area contributed by atoms with E-state index in [2.05, 4.69) is 0 Å². The number of hydrogen-bond donors (Lipinski definition) is 2. The van der Waals surface area contributed by atoms with Gasteiger partial charge in [-0.1, -0.05) is 23.7 Å². The molecule has 3 N–H and O–H groups in total. The number of benzene rings is 1. The maximum absolute atomic E-state index is 8.77. The molecule has 0 aliphatic rings. The molecule has 2 unspecified atom stereocenters. The van der Waals surface area contributed by atoms with Crippen LogP contribution in [-0.4, -0.2) is 23.5 Å². The molecule has 2 nitrogen and oxygen atoms in total. The summed E-state index contributed by atoms with van der Waals surface area (Å²) < 4.78 is 0. The van der Waals surface area contributed by atoms with Gasteiger partial charge in [-0.05, 0) is 36.8 Å². The molecular formula is C12H18ClNOS. The van der Waals surface area contributed by atoms with Gasteiger partial charge >= 0.3 is 0 Å². The molecular weight excluding hydrogens is 242 g/mol. The zero-order chi connectivity index (χ0) is 12.0. The lowest BCUT2D eigenvalue weighted by Crippen LogP contribution is -2.23. The highest BCUT2D eigenvalue weighted by molar-refractivity contribution is 7.99. The summed E-state index contributed by atoms with van der Waals surface area (Å²) in [6.45, 7) is 2.23. The van der Waals surface area contributed by atoms with Crippen LogP contribution < -0.4 is 5.73 Å². The average molecular weight is 260 g/mol. The fraction of sp³-hybridized carbons (Fsp3) is 0.500. The first-order chi connectivity index (χ1) is 7.65. The summed E-state index contributed by atoms with van der Waals surface area (Å²) in [5, 5.41) is 9.75. The van der Waals surface area contributed by atoms with Gasteiger partial charge in [-0.3, -0.25) is 0 Å². The van der Waals surface area contributed by atoms with Gasteiger partial charge in [0.15, 0.2) is 0 Å². The molecule has 1 rings (SSSR count). The van der Waals surface area contributed by atoms with E-state index in [-0.39, 0.29) is 17.9 Å². The molecule has 0 aliphatic heterocycles. The zero-order valence-corrected chi connectivity index (χ0v) is 11.0. The van der Waals surface area contributed by atoms with Gasteiger partial charge in [0.25, 0.3) is 0 Å². The molecule has 0 spiro atoms. The molecule has 0 bridgehead atoms. The number of halogens is 1. The van der Waals surface area contributed by atoms with Crippen molar-refractivity contribution in [2.75, 3.05) is 12.4 Å². The van der Waals surface area contributed by atoms with Gasteiger partial charge in [-0.15, -0.1) is 0 Å². The summed E-state index contributed by atoms with van der Waals surface area (Å²) in [4.78, 5) is 0. The van der Waals surface area contributed by atoms with E-state index in [9.17, 15) is 0 Å². The normalized spacial score (nSPS) is 14.8. The smallest absolute Gasteiger partial charge is 0.0446 e. The molecule has 0 fully saturated rings. The Morgan fingerprint density at radius 2 is 2.25 bits per heavy atom. The van der Waals surface area contributed by atoms with Crippen molar-refractivity contribution in [3.8, 4) is 0 Å². The second kappa shape index (κ2) is 7.17. The number of thioether (sulfide) groups is 1. The number of hydrogen-bond acceptors (Lipinski definition) is 3. The second-order valence-electron chi connectivity index (χ2n) is 3.78. The van der Waals surface area contributed by atoms with Gasteiger partial charge in [0.2, 0.25) is 0 Å². The summed E-state index contributed by atoms with van der Waals surface area (Å²) in [6.07, 6.45) is 0.800. The quantitative estimate of drug-likeness (QED) is 0.773. The molecule has 1 aromatic carbocycles. The van der Waals surface area contributed by atoms with Crippen LogP contribution in [0.3, 0.4) is 0 Å². The highest BCUT2D eigenvalue weighted by atomic mass is 35.5. The van der Waals surface area contributed by atoms with Crippen molar-refractivity contribution >= 4 is 23.4 Å². The van der Waals surface area contributed by atoms with Crippen LogP contribution in [0.5, 0.6) is 0 Å². The fourth-order valence-electron chi connectivity index (χ4n) is 1.51. The van der Waals surface area contributed by atoms with Gasteiger partial charge in [-0.2, -0.15) is 11.8 Å². The molecule has 0 aliphatic carbocycles. The first kappa shape index (κ1) is 13.8. The Labute approximate surface area is 106 Å². The minimum Gasteiger partial charge on any atom is -0.396 e. The maximum Gasteiger partial charge on any atom is 0.0446 e. The van der Waals surface area contributed by atoms with Crippen molar-refractivity contribution in [1.82, 2.24) is 0 Å². The zero-order valence-electron chi connectivity index (χ0n) is 9.40. The molecule has 90 valence electrons. The molecule has 0 amide bonds. The molecule has 1 aromatic rings. The highest BCUT2D eigenvalue weighted by Crippen LogP contribution is 2.32. The largest absolute Gasteiger partial charge is 0.396 e. The number of rotatable bonds is 6. The van der Waals surface area contributed by atoms with Crippen LogP contribution in [0.4, 0.5) is 0 Å². The Bertz CT molecular complexity index is 320. The predicted molar refractivity (Wildman–Crippen MR) is 72.0 cm³/mol. The Morgan fingerprint density at radius 3 is 2.81 bits per heavy atom. The Hall–Kier alpha value is -0.220. The SMILES string of the molecule is CC(N)C(SCCCO)c1cccc(Cl)c1. The van der Waals surface area contributed by atoms with E-state index in [1.165, 1.54) is 0 Å². The van der Waals surface area contributed by atoms with E-state index in [1.807, 2.05) is 31.2 Å². The molecule has 16 heavy (non-hydrogen) atoms. The van der Waals surface area contributed by atoms with Crippen molar-refractivity contribution < 1.29 is 5.11 Å². The molecule has 2 atom stereocenters. The van der Waals surface area contributed by atoms with E-state index < -0.39 is 0 Å². The third-order valence-electron chi connectivity index (χ3n) is 2.25.